The Kier molecular flexibility index (Phi) is 3.13. The van der Waals surface area contributed by atoms with Gasteiger partial charge in [0.25, 0.3) is 0 Å². The minimum atomic E-state index is -0.0534. The van der Waals surface area contributed by atoms with Crippen LogP contribution in [0.3, 0.4) is 0 Å². The van der Waals surface area contributed by atoms with Crippen molar-refractivity contribution in [2.75, 3.05) is 0 Å². The molecule has 81 valence electrons. The molecule has 2 rings (SSSR count). The molecule has 0 saturated carbocycles. The van der Waals surface area contributed by atoms with Gasteiger partial charge in [-0.25, -0.2) is 0 Å². The standard InChI is InChI=1S/C13H8N3O/c14-9-10-1-3-11(4-2-10)15-16-12-5-7-13(17)8-6-12/h1-8H. The molecule has 0 heterocycles. The van der Waals surface area contributed by atoms with E-state index in [0.29, 0.717) is 16.9 Å². The highest BCUT2D eigenvalue weighted by atomic mass is 16.3. The third-order valence-electron chi connectivity index (χ3n) is 2.11. The van der Waals surface area contributed by atoms with E-state index in [1.165, 1.54) is 12.1 Å². The normalized spacial score (nSPS) is 10.3. The number of hydrogen-bond acceptors (Lipinski definition) is 3. The van der Waals surface area contributed by atoms with E-state index in [4.69, 9.17) is 5.26 Å². The van der Waals surface area contributed by atoms with E-state index in [9.17, 15) is 5.11 Å². The molecule has 4 heteroatoms. The number of nitrogens with zero attached hydrogens (tertiary/aromatic N) is 3. The van der Waals surface area contributed by atoms with Crippen molar-refractivity contribution < 1.29 is 5.11 Å². The van der Waals surface area contributed by atoms with Crippen LogP contribution < -0.4 is 0 Å². The van der Waals surface area contributed by atoms with Crippen molar-refractivity contribution >= 4 is 11.4 Å². The van der Waals surface area contributed by atoms with Crippen LogP contribution in [0.25, 0.3) is 0 Å². The van der Waals surface area contributed by atoms with E-state index in [-0.39, 0.29) is 5.75 Å². The Morgan fingerprint density at radius 1 is 0.824 bits per heavy atom. The molecule has 0 bridgehead atoms. The Morgan fingerprint density at radius 3 is 1.76 bits per heavy atom. The monoisotopic (exact) mass is 222 g/mol. The molecule has 17 heavy (non-hydrogen) atoms. The maximum Gasteiger partial charge on any atom is 0.178 e. The number of azo groups is 1. The highest BCUT2D eigenvalue weighted by Crippen LogP contribution is 2.20. The van der Waals surface area contributed by atoms with Crippen LogP contribution in [0.4, 0.5) is 11.4 Å². The van der Waals surface area contributed by atoms with Crippen LogP contribution in [-0.4, -0.2) is 0 Å². The smallest absolute Gasteiger partial charge is 0.178 e. The molecule has 0 aromatic heterocycles. The van der Waals surface area contributed by atoms with Gasteiger partial charge in [-0.2, -0.15) is 15.5 Å². The maximum atomic E-state index is 10.9. The second kappa shape index (κ2) is 4.90. The van der Waals surface area contributed by atoms with Gasteiger partial charge in [0.05, 0.1) is 23.0 Å². The fraction of sp³-hybridized carbons (Fsp3) is 0. The topological polar surface area (TPSA) is 68.4 Å². The van der Waals surface area contributed by atoms with Gasteiger partial charge in [-0.15, -0.1) is 0 Å². The fourth-order valence-corrected chi connectivity index (χ4v) is 1.23. The molecule has 0 aliphatic carbocycles. The average Bonchev–Trinajstić information content (AvgIpc) is 2.39. The molecule has 0 saturated heterocycles. The lowest BCUT2D eigenvalue weighted by Crippen LogP contribution is -1.70. The van der Waals surface area contributed by atoms with Gasteiger partial charge >= 0.3 is 0 Å². The molecule has 0 N–H and O–H groups in total. The van der Waals surface area contributed by atoms with Crippen LogP contribution in [0.15, 0.2) is 58.8 Å². The minimum absolute atomic E-state index is 0.0534. The molecular formula is C13H8N3O. The number of benzene rings is 2. The SMILES string of the molecule is N#Cc1ccc(N=Nc2ccc([O])cc2)cc1. The van der Waals surface area contributed by atoms with Crippen molar-refractivity contribution in [1.82, 2.24) is 0 Å². The van der Waals surface area contributed by atoms with E-state index in [1.54, 1.807) is 36.4 Å². The summed E-state index contributed by atoms with van der Waals surface area (Å²) >= 11 is 0. The van der Waals surface area contributed by atoms with E-state index in [0.717, 1.165) is 0 Å². The van der Waals surface area contributed by atoms with Crippen molar-refractivity contribution in [2.24, 2.45) is 10.2 Å². The van der Waals surface area contributed by atoms with Crippen molar-refractivity contribution in [3.8, 4) is 11.8 Å². The van der Waals surface area contributed by atoms with Gasteiger partial charge in [-0.05, 0) is 48.5 Å². The molecule has 0 atom stereocenters. The first-order valence-electron chi connectivity index (χ1n) is 4.97. The summed E-state index contributed by atoms with van der Waals surface area (Å²) in [4.78, 5) is 0. The Hall–Kier alpha value is -2.67. The van der Waals surface area contributed by atoms with Gasteiger partial charge in [-0.1, -0.05) is 0 Å². The maximum absolute atomic E-state index is 10.9. The van der Waals surface area contributed by atoms with Crippen molar-refractivity contribution in [1.29, 1.82) is 5.26 Å². The first kappa shape index (κ1) is 10.8. The molecule has 1 radical (unpaired) electrons. The fourth-order valence-electron chi connectivity index (χ4n) is 1.23. The molecule has 4 nitrogen and oxygen atoms in total. The predicted octanol–water partition coefficient (Wildman–Crippen LogP) is 4.12. The van der Waals surface area contributed by atoms with Gasteiger partial charge < -0.3 is 0 Å². The van der Waals surface area contributed by atoms with Gasteiger partial charge in [-0.3, -0.25) is 5.11 Å². The van der Waals surface area contributed by atoms with Crippen molar-refractivity contribution in [3.63, 3.8) is 0 Å². The summed E-state index contributed by atoms with van der Waals surface area (Å²) in [7, 11) is 0. The van der Waals surface area contributed by atoms with E-state index >= 15 is 0 Å². The third kappa shape index (κ3) is 2.89. The van der Waals surface area contributed by atoms with Crippen LogP contribution in [0, 0.1) is 11.3 Å². The van der Waals surface area contributed by atoms with Crippen molar-refractivity contribution in [3.05, 3.63) is 54.1 Å². The lowest BCUT2D eigenvalue weighted by atomic mass is 10.2. The Labute approximate surface area is 98.5 Å². The summed E-state index contributed by atoms with van der Waals surface area (Å²) in [6.07, 6.45) is 0. The van der Waals surface area contributed by atoms with Crippen LogP contribution in [0.5, 0.6) is 5.75 Å². The van der Waals surface area contributed by atoms with Gasteiger partial charge in [0, 0.05) is 0 Å². The van der Waals surface area contributed by atoms with Gasteiger partial charge in [0.2, 0.25) is 0 Å². The van der Waals surface area contributed by atoms with Crippen LogP contribution in [-0.2, 0) is 5.11 Å². The third-order valence-corrected chi connectivity index (χ3v) is 2.11. The molecule has 0 unspecified atom stereocenters. The minimum Gasteiger partial charge on any atom is -0.290 e. The quantitative estimate of drug-likeness (QED) is 0.704. The molecular weight excluding hydrogens is 214 g/mol. The lowest BCUT2D eigenvalue weighted by molar-refractivity contribution is 0.355. The first-order chi connectivity index (χ1) is 8.28. The summed E-state index contributed by atoms with van der Waals surface area (Å²) in [5.41, 5.74) is 1.86. The molecule has 0 spiro atoms. The summed E-state index contributed by atoms with van der Waals surface area (Å²) in [6.45, 7) is 0. The van der Waals surface area contributed by atoms with Gasteiger partial charge in [0.15, 0.2) is 5.75 Å². The van der Waals surface area contributed by atoms with Crippen molar-refractivity contribution in [2.45, 2.75) is 0 Å². The second-order valence-corrected chi connectivity index (χ2v) is 3.35. The zero-order valence-electron chi connectivity index (χ0n) is 8.87. The van der Waals surface area contributed by atoms with E-state index in [2.05, 4.69) is 10.2 Å². The molecule has 2 aromatic rings. The largest absolute Gasteiger partial charge is 0.290 e. The zero-order chi connectivity index (χ0) is 12.1. The highest BCUT2D eigenvalue weighted by molar-refractivity contribution is 5.44. The molecule has 0 aliphatic rings. The summed E-state index contributed by atoms with van der Waals surface area (Å²) in [6, 6.07) is 14.9. The Balaban J connectivity index is 2.14. The van der Waals surface area contributed by atoms with Gasteiger partial charge in [0.1, 0.15) is 0 Å². The number of hydrogen-bond donors (Lipinski definition) is 0. The van der Waals surface area contributed by atoms with Crippen LogP contribution in [0.1, 0.15) is 5.56 Å². The molecule has 0 aliphatic heterocycles. The van der Waals surface area contributed by atoms with Crippen LogP contribution >= 0.6 is 0 Å². The Morgan fingerprint density at radius 2 is 1.29 bits per heavy atom. The number of nitriles is 1. The average molecular weight is 222 g/mol. The molecule has 0 fully saturated rings. The second-order valence-electron chi connectivity index (χ2n) is 3.35. The predicted molar refractivity (Wildman–Crippen MR) is 61.9 cm³/mol. The lowest BCUT2D eigenvalue weighted by Gasteiger charge is -1.93. The zero-order valence-corrected chi connectivity index (χ0v) is 8.87. The van der Waals surface area contributed by atoms with E-state index < -0.39 is 0 Å². The first-order valence-corrected chi connectivity index (χ1v) is 4.97. The summed E-state index contributed by atoms with van der Waals surface area (Å²) < 4.78 is 0. The highest BCUT2D eigenvalue weighted by Gasteiger charge is 1.93. The number of rotatable bonds is 2. The van der Waals surface area contributed by atoms with E-state index in [1.807, 2.05) is 6.07 Å². The van der Waals surface area contributed by atoms with Crippen LogP contribution in [0.2, 0.25) is 0 Å². The molecule has 0 amide bonds. The summed E-state index contributed by atoms with van der Waals surface area (Å²) in [5.74, 6) is -0.0534. The Bertz CT molecular complexity index is 565. The summed E-state index contributed by atoms with van der Waals surface area (Å²) in [5, 5.41) is 27.5. The molecule has 2 aromatic carbocycles.